The van der Waals surface area contributed by atoms with Crippen LogP contribution in [0.2, 0.25) is 0 Å². The number of methoxy groups -OCH3 is 2. The first-order valence-electron chi connectivity index (χ1n) is 6.70. The molecule has 118 valence electrons. The van der Waals surface area contributed by atoms with Crippen LogP contribution in [-0.4, -0.2) is 35.3 Å². The molecule has 0 spiro atoms. The van der Waals surface area contributed by atoms with Gasteiger partial charge >= 0.3 is 0 Å². The minimum atomic E-state index is 0.369. The normalized spacial score (nSPS) is 11.0. The number of aromatic amines is 1. The Hall–Kier alpha value is -2.87. The van der Waals surface area contributed by atoms with E-state index in [-0.39, 0.29) is 0 Å². The molecular formula is C15H14N4O3S. The van der Waals surface area contributed by atoms with Crippen LogP contribution in [0.3, 0.4) is 0 Å². The fraction of sp³-hybridized carbons (Fsp3) is 0.133. The average Bonchev–Trinajstić information content (AvgIpc) is 3.22. The topological polar surface area (TPSA) is 77.6 Å². The zero-order valence-electron chi connectivity index (χ0n) is 12.5. The van der Waals surface area contributed by atoms with E-state index in [9.17, 15) is 0 Å². The molecule has 0 aliphatic carbocycles. The average molecular weight is 330 g/mol. The SMILES string of the molecule is COc1ccc(/C=N\n2c(-c3ccco3)n[nH]c2=S)cc1OC. The first-order valence-corrected chi connectivity index (χ1v) is 7.11. The molecule has 0 radical (unpaired) electrons. The number of aromatic nitrogens is 3. The summed E-state index contributed by atoms with van der Waals surface area (Å²) in [6, 6.07) is 9.05. The Morgan fingerprint density at radius 1 is 1.26 bits per heavy atom. The van der Waals surface area contributed by atoms with Gasteiger partial charge in [0, 0.05) is 0 Å². The van der Waals surface area contributed by atoms with E-state index in [1.807, 2.05) is 18.2 Å². The second-order valence-electron chi connectivity index (χ2n) is 4.50. The van der Waals surface area contributed by atoms with E-state index in [4.69, 9.17) is 26.1 Å². The second kappa shape index (κ2) is 6.49. The summed E-state index contributed by atoms with van der Waals surface area (Å²) in [5, 5.41) is 11.2. The van der Waals surface area contributed by atoms with E-state index in [0.29, 0.717) is 27.9 Å². The van der Waals surface area contributed by atoms with Gasteiger partial charge in [0.15, 0.2) is 17.3 Å². The molecule has 0 saturated heterocycles. The van der Waals surface area contributed by atoms with E-state index < -0.39 is 0 Å². The van der Waals surface area contributed by atoms with Crippen molar-refractivity contribution in [2.45, 2.75) is 0 Å². The van der Waals surface area contributed by atoms with Gasteiger partial charge in [-0.05, 0) is 48.1 Å². The highest BCUT2D eigenvalue weighted by molar-refractivity contribution is 7.71. The Bertz CT molecular complexity index is 881. The minimum Gasteiger partial charge on any atom is -0.493 e. The number of H-pyrrole nitrogens is 1. The summed E-state index contributed by atoms with van der Waals surface area (Å²) in [7, 11) is 3.17. The molecule has 0 aliphatic heterocycles. The van der Waals surface area contributed by atoms with Gasteiger partial charge in [-0.15, -0.1) is 5.10 Å². The summed E-state index contributed by atoms with van der Waals surface area (Å²) in [5.74, 6) is 2.35. The van der Waals surface area contributed by atoms with Crippen molar-refractivity contribution >= 4 is 18.4 Å². The number of hydrogen-bond donors (Lipinski definition) is 1. The lowest BCUT2D eigenvalue weighted by atomic mass is 10.2. The van der Waals surface area contributed by atoms with E-state index in [2.05, 4.69) is 15.3 Å². The third kappa shape index (κ3) is 3.02. The number of nitrogens with zero attached hydrogens (tertiary/aromatic N) is 3. The molecule has 23 heavy (non-hydrogen) atoms. The van der Waals surface area contributed by atoms with Gasteiger partial charge in [-0.1, -0.05) is 0 Å². The highest BCUT2D eigenvalue weighted by Gasteiger charge is 2.10. The maximum absolute atomic E-state index is 5.33. The van der Waals surface area contributed by atoms with Crippen molar-refractivity contribution in [1.29, 1.82) is 0 Å². The van der Waals surface area contributed by atoms with Crippen LogP contribution < -0.4 is 9.47 Å². The van der Waals surface area contributed by atoms with Crippen molar-refractivity contribution in [2.75, 3.05) is 14.2 Å². The van der Waals surface area contributed by atoms with Crippen LogP contribution in [0.5, 0.6) is 11.5 Å². The van der Waals surface area contributed by atoms with Crippen molar-refractivity contribution in [3.63, 3.8) is 0 Å². The molecule has 7 nitrogen and oxygen atoms in total. The summed E-state index contributed by atoms with van der Waals surface area (Å²) in [5.41, 5.74) is 0.830. The van der Waals surface area contributed by atoms with E-state index in [1.165, 1.54) is 4.68 Å². The van der Waals surface area contributed by atoms with E-state index in [1.54, 1.807) is 38.8 Å². The third-order valence-corrected chi connectivity index (χ3v) is 3.39. The van der Waals surface area contributed by atoms with Gasteiger partial charge in [-0.3, -0.25) is 0 Å². The van der Waals surface area contributed by atoms with Gasteiger partial charge in [0.25, 0.3) is 0 Å². The Morgan fingerprint density at radius 2 is 2.09 bits per heavy atom. The Balaban J connectivity index is 1.95. The Kier molecular flexibility index (Phi) is 4.24. The second-order valence-corrected chi connectivity index (χ2v) is 4.89. The van der Waals surface area contributed by atoms with E-state index in [0.717, 1.165) is 5.56 Å². The third-order valence-electron chi connectivity index (χ3n) is 3.12. The zero-order valence-corrected chi connectivity index (χ0v) is 13.3. The lowest BCUT2D eigenvalue weighted by molar-refractivity contribution is 0.355. The van der Waals surface area contributed by atoms with Crippen molar-refractivity contribution in [2.24, 2.45) is 5.10 Å². The summed E-state index contributed by atoms with van der Waals surface area (Å²) in [6.07, 6.45) is 3.22. The van der Waals surface area contributed by atoms with Crippen LogP contribution in [-0.2, 0) is 0 Å². The van der Waals surface area contributed by atoms with Gasteiger partial charge in [0.2, 0.25) is 10.6 Å². The van der Waals surface area contributed by atoms with Crippen LogP contribution in [0.15, 0.2) is 46.1 Å². The predicted octanol–water partition coefficient (Wildman–Crippen LogP) is 3.10. The highest BCUT2D eigenvalue weighted by atomic mass is 32.1. The predicted molar refractivity (Wildman–Crippen MR) is 87.7 cm³/mol. The Morgan fingerprint density at radius 3 is 2.78 bits per heavy atom. The maximum atomic E-state index is 5.33. The smallest absolute Gasteiger partial charge is 0.219 e. The quantitative estimate of drug-likeness (QED) is 0.574. The van der Waals surface area contributed by atoms with Crippen LogP contribution in [0.25, 0.3) is 11.6 Å². The molecule has 0 bridgehead atoms. The number of hydrogen-bond acceptors (Lipinski definition) is 6. The summed E-state index contributed by atoms with van der Waals surface area (Å²) in [4.78, 5) is 0. The molecule has 0 atom stereocenters. The summed E-state index contributed by atoms with van der Waals surface area (Å²) in [6.45, 7) is 0. The maximum Gasteiger partial charge on any atom is 0.219 e. The molecule has 0 unspecified atom stereocenters. The molecule has 0 saturated carbocycles. The molecule has 8 heteroatoms. The largest absolute Gasteiger partial charge is 0.493 e. The molecule has 1 N–H and O–H groups in total. The molecule has 0 amide bonds. The monoisotopic (exact) mass is 330 g/mol. The number of nitrogens with one attached hydrogen (secondary N) is 1. The minimum absolute atomic E-state index is 0.369. The Labute approximate surface area is 137 Å². The van der Waals surface area contributed by atoms with Gasteiger partial charge in [0.1, 0.15) is 0 Å². The van der Waals surface area contributed by atoms with Gasteiger partial charge in [-0.2, -0.15) is 9.78 Å². The van der Waals surface area contributed by atoms with Gasteiger partial charge < -0.3 is 13.9 Å². The van der Waals surface area contributed by atoms with Gasteiger partial charge in [-0.25, -0.2) is 5.10 Å². The lowest BCUT2D eigenvalue weighted by Gasteiger charge is -2.07. The summed E-state index contributed by atoms with van der Waals surface area (Å²) >= 11 is 5.20. The molecule has 2 aromatic heterocycles. The van der Waals surface area contributed by atoms with Crippen molar-refractivity contribution < 1.29 is 13.9 Å². The molecule has 2 heterocycles. The number of ether oxygens (including phenoxy) is 2. The van der Waals surface area contributed by atoms with Crippen molar-refractivity contribution in [3.8, 4) is 23.1 Å². The lowest BCUT2D eigenvalue weighted by Crippen LogP contribution is -1.95. The number of benzene rings is 1. The van der Waals surface area contributed by atoms with Crippen molar-refractivity contribution in [1.82, 2.24) is 14.9 Å². The molecule has 3 aromatic rings. The fourth-order valence-electron chi connectivity index (χ4n) is 2.02. The zero-order chi connectivity index (χ0) is 16.2. The molecule has 0 fully saturated rings. The number of rotatable bonds is 5. The standard InChI is InChI=1S/C15H14N4O3S/c1-20-11-6-5-10(8-13(11)21-2)9-16-19-14(17-18-15(19)23)12-4-3-7-22-12/h3-9H,1-2H3,(H,18,23)/b16-9-. The number of furan rings is 1. The molecule has 0 aliphatic rings. The summed E-state index contributed by atoms with van der Waals surface area (Å²) < 4.78 is 17.7. The fourth-order valence-corrected chi connectivity index (χ4v) is 2.20. The van der Waals surface area contributed by atoms with Crippen LogP contribution in [0, 0.1) is 4.77 Å². The first kappa shape index (κ1) is 15.0. The van der Waals surface area contributed by atoms with Crippen LogP contribution in [0.1, 0.15) is 5.56 Å². The first-order chi connectivity index (χ1) is 11.2. The van der Waals surface area contributed by atoms with E-state index >= 15 is 0 Å². The molecule has 1 aromatic carbocycles. The molecule has 3 rings (SSSR count). The van der Waals surface area contributed by atoms with Gasteiger partial charge in [0.05, 0.1) is 26.7 Å². The van der Waals surface area contributed by atoms with Crippen LogP contribution >= 0.6 is 12.2 Å². The van der Waals surface area contributed by atoms with Crippen LogP contribution in [0.4, 0.5) is 0 Å². The highest BCUT2D eigenvalue weighted by Crippen LogP contribution is 2.27. The van der Waals surface area contributed by atoms with Crippen molar-refractivity contribution in [3.05, 3.63) is 46.9 Å². The molecular weight excluding hydrogens is 316 g/mol.